The average Bonchev–Trinajstić information content (AvgIpc) is 3.26. The number of aromatic nitrogens is 2. The van der Waals surface area contributed by atoms with E-state index in [-0.39, 0.29) is 16.4 Å². The maximum absolute atomic E-state index is 13.5. The molecule has 1 unspecified atom stereocenters. The third-order valence-electron chi connectivity index (χ3n) is 8.67. The molecule has 1 aromatic carbocycles. The first-order valence-corrected chi connectivity index (χ1v) is 13.0. The Morgan fingerprint density at radius 2 is 1.79 bits per heavy atom. The summed E-state index contributed by atoms with van der Waals surface area (Å²) in [5.74, 6) is -4.19. The number of esters is 1. The molecule has 2 fully saturated rings. The number of aliphatic hydroxyl groups excluding tert-OH is 1. The van der Waals surface area contributed by atoms with Crippen LogP contribution in [-0.4, -0.2) is 54.4 Å². The average molecular weight is 545 g/mol. The maximum atomic E-state index is 13.5. The zero-order valence-electron chi connectivity index (χ0n) is 21.0. The number of carboxylic acids is 1. The molecule has 11 nitrogen and oxygen atoms in total. The lowest BCUT2D eigenvalue weighted by Gasteiger charge is -2.44. The summed E-state index contributed by atoms with van der Waals surface area (Å²) in [5, 5.41) is 30.4. The highest BCUT2D eigenvalue weighted by molar-refractivity contribution is 5.91. The number of H-pyrrole nitrogens is 1. The summed E-state index contributed by atoms with van der Waals surface area (Å²) in [7, 11) is 0. The summed E-state index contributed by atoms with van der Waals surface area (Å²) < 4.78 is 18.7. The Morgan fingerprint density at radius 1 is 1.05 bits per heavy atom. The summed E-state index contributed by atoms with van der Waals surface area (Å²) >= 11 is 0. The fourth-order valence-electron chi connectivity index (χ4n) is 6.87. The Morgan fingerprint density at radius 3 is 2.54 bits per heavy atom. The molecular weight excluding hydrogens is 515 g/mol. The van der Waals surface area contributed by atoms with Crippen LogP contribution in [0.3, 0.4) is 0 Å². The molecule has 2 saturated carbocycles. The molecule has 4 N–H and O–H groups in total. The van der Waals surface area contributed by atoms with Crippen molar-refractivity contribution in [1.29, 1.82) is 0 Å². The van der Waals surface area contributed by atoms with Gasteiger partial charge in [-0.3, -0.25) is 14.4 Å². The van der Waals surface area contributed by atoms with Crippen molar-refractivity contribution in [2.24, 2.45) is 17.8 Å². The van der Waals surface area contributed by atoms with Crippen molar-refractivity contribution in [3.63, 3.8) is 0 Å². The Labute approximate surface area is 221 Å². The van der Waals surface area contributed by atoms with Gasteiger partial charge in [0.1, 0.15) is 5.75 Å². The minimum absolute atomic E-state index is 0.152. The van der Waals surface area contributed by atoms with Crippen LogP contribution in [0.25, 0.3) is 0 Å². The Kier molecular flexibility index (Phi) is 7.02. The van der Waals surface area contributed by atoms with Gasteiger partial charge in [-0.15, -0.1) is 0 Å². The molecule has 0 radical (unpaired) electrons. The van der Waals surface area contributed by atoms with Gasteiger partial charge in [-0.2, -0.15) is 8.96 Å². The van der Waals surface area contributed by atoms with Crippen molar-refractivity contribution in [2.45, 2.75) is 69.0 Å². The number of nitrogens with one attached hydrogen (secondary N) is 1. The van der Waals surface area contributed by atoms with Gasteiger partial charge in [0.2, 0.25) is 11.7 Å². The molecule has 39 heavy (non-hydrogen) atoms. The van der Waals surface area contributed by atoms with Gasteiger partial charge >= 0.3 is 17.6 Å². The van der Waals surface area contributed by atoms with E-state index in [2.05, 4.69) is 0 Å². The number of aliphatic carboxylic acids is 1. The topological polar surface area (TPSA) is 176 Å². The van der Waals surface area contributed by atoms with Crippen molar-refractivity contribution in [3.05, 3.63) is 62.2 Å². The largest absolute Gasteiger partial charge is 0.479 e. The predicted molar refractivity (Wildman–Crippen MR) is 132 cm³/mol. The molecule has 1 aromatic heterocycles. The highest BCUT2D eigenvalue weighted by Crippen LogP contribution is 2.55. The summed E-state index contributed by atoms with van der Waals surface area (Å²) in [4.78, 5) is 62.3. The first kappa shape index (κ1) is 26.9. The second kappa shape index (κ2) is 10.2. The number of hydrogen-bond donors (Lipinski definition) is 4. The van der Waals surface area contributed by atoms with E-state index in [9.17, 15) is 43.7 Å². The zero-order valence-corrected chi connectivity index (χ0v) is 21.0. The van der Waals surface area contributed by atoms with E-state index in [4.69, 9.17) is 4.74 Å². The van der Waals surface area contributed by atoms with E-state index in [1.807, 2.05) is 11.1 Å². The quantitative estimate of drug-likeness (QED) is 0.309. The molecular formula is C27H29FN2O9. The summed E-state index contributed by atoms with van der Waals surface area (Å²) in [5.41, 5.74) is -3.75. The first-order valence-electron chi connectivity index (χ1n) is 13.0. The lowest BCUT2D eigenvalue weighted by molar-refractivity contribution is -0.164. The van der Waals surface area contributed by atoms with Crippen molar-refractivity contribution < 1.29 is 38.8 Å². The predicted octanol–water partition coefficient (Wildman–Crippen LogP) is 1.34. The van der Waals surface area contributed by atoms with Crippen LogP contribution >= 0.6 is 0 Å². The summed E-state index contributed by atoms with van der Waals surface area (Å²) in [6.45, 7) is 0. The van der Waals surface area contributed by atoms with Crippen LogP contribution < -0.4 is 16.0 Å². The molecule has 0 saturated heterocycles. The molecule has 12 heteroatoms. The van der Waals surface area contributed by atoms with Crippen LogP contribution in [0.2, 0.25) is 0 Å². The molecule has 5 rings (SSSR count). The van der Waals surface area contributed by atoms with Gasteiger partial charge in [0.25, 0.3) is 5.56 Å². The second-order valence-electron chi connectivity index (χ2n) is 10.9. The van der Waals surface area contributed by atoms with Gasteiger partial charge in [0, 0.05) is 6.20 Å². The number of carbonyl (C=O) groups is 3. The van der Waals surface area contributed by atoms with E-state index >= 15 is 0 Å². The summed E-state index contributed by atoms with van der Waals surface area (Å²) in [6, 6.07) is 5.22. The number of aromatic amines is 1. The number of benzene rings is 1. The molecule has 1 heterocycles. The smallest absolute Gasteiger partial charge is 0.336 e. The number of rotatable bonds is 6. The molecule has 0 aliphatic heterocycles. The van der Waals surface area contributed by atoms with E-state index in [1.54, 1.807) is 12.1 Å². The van der Waals surface area contributed by atoms with Crippen molar-refractivity contribution in [1.82, 2.24) is 9.55 Å². The highest BCUT2D eigenvalue weighted by atomic mass is 19.1. The van der Waals surface area contributed by atoms with Gasteiger partial charge in [0.15, 0.2) is 5.60 Å². The van der Waals surface area contributed by atoms with Crippen LogP contribution in [0.15, 0.2) is 34.0 Å². The lowest BCUT2D eigenvalue weighted by Crippen LogP contribution is -2.48. The Balaban J connectivity index is 1.28. The van der Waals surface area contributed by atoms with Crippen LogP contribution in [0, 0.1) is 23.6 Å². The molecule has 208 valence electrons. The maximum Gasteiger partial charge on any atom is 0.336 e. The number of carbonyl (C=O) groups excluding carboxylic acids is 2. The number of ether oxygens (including phenoxy) is 1. The molecule has 0 bridgehead atoms. The number of fused-ring (bicyclic) bond motifs is 5. The minimum Gasteiger partial charge on any atom is -0.479 e. The third-order valence-corrected chi connectivity index (χ3v) is 8.67. The van der Waals surface area contributed by atoms with Crippen LogP contribution in [-0.2, 0) is 16.0 Å². The van der Waals surface area contributed by atoms with Gasteiger partial charge in [0.05, 0.1) is 18.9 Å². The van der Waals surface area contributed by atoms with Crippen molar-refractivity contribution >= 4 is 17.8 Å². The Bertz CT molecular complexity index is 1450. The van der Waals surface area contributed by atoms with E-state index in [0.717, 1.165) is 44.1 Å². The molecule has 3 aliphatic rings. The SMILES string of the molecule is O=C(CC(O)(CC(=O)n1c(=O)[nH]cc(F)c1=O)C(=O)O)Oc1ccc2c(c1)CC[C@H]1[C@@H]3CC[C@H](O)[C@H]3CC[C@H]21. The minimum atomic E-state index is -3.02. The number of nitrogens with zero attached hydrogens (tertiary/aromatic N) is 1. The van der Waals surface area contributed by atoms with Crippen LogP contribution in [0.4, 0.5) is 4.39 Å². The number of carboxylic acid groups (broad SMARTS) is 1. The number of halogens is 1. The zero-order chi connectivity index (χ0) is 28.1. The fourth-order valence-corrected chi connectivity index (χ4v) is 6.87. The van der Waals surface area contributed by atoms with Gasteiger partial charge in [-0.05, 0) is 85.5 Å². The molecule has 2 aromatic rings. The molecule has 0 spiro atoms. The van der Waals surface area contributed by atoms with Crippen molar-refractivity contribution in [3.8, 4) is 5.75 Å². The molecule has 3 aliphatic carbocycles. The normalized spacial score (nSPS) is 27.0. The Hall–Kier alpha value is -3.64. The van der Waals surface area contributed by atoms with E-state index in [0.29, 0.717) is 29.9 Å². The van der Waals surface area contributed by atoms with Gasteiger partial charge in [-0.1, -0.05) is 6.07 Å². The molecule has 0 amide bonds. The second-order valence-corrected chi connectivity index (χ2v) is 10.9. The van der Waals surface area contributed by atoms with E-state index < -0.39 is 53.4 Å². The number of hydrogen-bond acceptors (Lipinski definition) is 8. The standard InChI is InChI=1S/C27H29FN2O9/c28-20-12-29-26(37)30(24(20)34)22(32)10-27(38,25(35)36)11-23(33)39-14-2-4-15-13(9-14)1-3-17-16(15)5-6-19-18(17)7-8-21(19)31/h2,4,9,12,16-19,21,31,38H,1,3,5-8,10-11H2,(H,29,37)(H,35,36)/t16-,17-,18+,19+,21+,27?/m1/s1. The first-order chi connectivity index (χ1) is 18.5. The van der Waals surface area contributed by atoms with Crippen LogP contribution in [0.5, 0.6) is 5.75 Å². The number of aliphatic hydroxyl groups is 2. The fraction of sp³-hybridized carbons (Fsp3) is 0.519. The van der Waals surface area contributed by atoms with Crippen molar-refractivity contribution in [2.75, 3.05) is 0 Å². The lowest BCUT2D eigenvalue weighted by atomic mass is 9.61. The van der Waals surface area contributed by atoms with Crippen LogP contribution in [0.1, 0.15) is 66.8 Å². The van der Waals surface area contributed by atoms with Gasteiger partial charge in [-0.25, -0.2) is 9.59 Å². The number of aryl methyl sites for hydroxylation is 1. The summed E-state index contributed by atoms with van der Waals surface area (Å²) in [6.07, 6.45) is 3.28. The monoisotopic (exact) mass is 544 g/mol. The third kappa shape index (κ3) is 4.94. The molecule has 6 atom stereocenters. The van der Waals surface area contributed by atoms with E-state index in [1.165, 1.54) is 5.56 Å². The highest BCUT2D eigenvalue weighted by Gasteiger charge is 2.47. The van der Waals surface area contributed by atoms with Gasteiger partial charge < -0.3 is 25.0 Å².